The SMILES string of the molecule is Cc1nc2ccc(NC(=O)[C@@H]3CN(C(=O)c4ccc(=O)n(C)c4)CCN3C)cc2s1. The van der Waals surface area contributed by atoms with Crippen LogP contribution in [0.2, 0.25) is 0 Å². The van der Waals surface area contributed by atoms with E-state index >= 15 is 0 Å². The maximum atomic E-state index is 13.0. The minimum atomic E-state index is -0.464. The molecule has 1 aliphatic heterocycles. The predicted octanol–water partition coefficient (Wildman–Crippen LogP) is 1.70. The number of carbonyl (C=O) groups excluding carboxylic acids is 2. The number of rotatable bonds is 3. The van der Waals surface area contributed by atoms with E-state index in [1.54, 1.807) is 23.3 Å². The van der Waals surface area contributed by atoms with Crippen LogP contribution >= 0.6 is 11.3 Å². The monoisotopic (exact) mass is 425 g/mol. The van der Waals surface area contributed by atoms with Gasteiger partial charge < -0.3 is 14.8 Å². The minimum absolute atomic E-state index is 0.156. The summed E-state index contributed by atoms with van der Waals surface area (Å²) < 4.78 is 2.40. The summed E-state index contributed by atoms with van der Waals surface area (Å²) in [7, 11) is 3.49. The summed E-state index contributed by atoms with van der Waals surface area (Å²) in [6.45, 7) is 3.35. The van der Waals surface area contributed by atoms with Crippen LogP contribution in [0.25, 0.3) is 10.2 Å². The zero-order valence-electron chi connectivity index (χ0n) is 17.1. The molecule has 2 amide bonds. The number of thiazole rings is 1. The van der Waals surface area contributed by atoms with Crippen LogP contribution in [0.15, 0.2) is 41.3 Å². The standard InChI is InChI=1S/C21H23N5O3S/c1-13-22-16-6-5-15(10-18(16)30-13)23-20(28)17-12-26(9-8-24(17)2)21(29)14-4-7-19(27)25(3)11-14/h4-7,10-11,17H,8-9,12H2,1-3H3,(H,23,28)/t17-/m0/s1. The number of benzene rings is 1. The highest BCUT2D eigenvalue weighted by atomic mass is 32.1. The fourth-order valence-corrected chi connectivity index (χ4v) is 4.45. The second kappa shape index (κ2) is 8.00. The predicted molar refractivity (Wildman–Crippen MR) is 117 cm³/mol. The van der Waals surface area contributed by atoms with E-state index in [9.17, 15) is 14.4 Å². The third-order valence-corrected chi connectivity index (χ3v) is 6.27. The van der Waals surface area contributed by atoms with Gasteiger partial charge in [0.2, 0.25) is 11.5 Å². The van der Waals surface area contributed by atoms with E-state index in [2.05, 4.69) is 10.3 Å². The van der Waals surface area contributed by atoms with Gasteiger partial charge in [-0.2, -0.15) is 0 Å². The van der Waals surface area contributed by atoms with Crippen LogP contribution in [0.4, 0.5) is 5.69 Å². The second-order valence-electron chi connectivity index (χ2n) is 7.52. The van der Waals surface area contributed by atoms with Gasteiger partial charge in [0.1, 0.15) is 6.04 Å². The van der Waals surface area contributed by atoms with Gasteiger partial charge in [0.25, 0.3) is 5.91 Å². The van der Waals surface area contributed by atoms with Gasteiger partial charge in [0, 0.05) is 44.6 Å². The Balaban J connectivity index is 1.49. The molecule has 1 aromatic carbocycles. The van der Waals surface area contributed by atoms with Gasteiger partial charge in [-0.15, -0.1) is 11.3 Å². The Labute approximate surface area is 177 Å². The molecule has 0 spiro atoms. The molecule has 9 heteroatoms. The molecule has 4 rings (SSSR count). The Kier molecular flexibility index (Phi) is 5.40. The molecule has 1 atom stereocenters. The quantitative estimate of drug-likeness (QED) is 0.690. The fourth-order valence-electron chi connectivity index (χ4n) is 3.59. The maximum Gasteiger partial charge on any atom is 0.255 e. The molecule has 3 heterocycles. The van der Waals surface area contributed by atoms with Crippen molar-refractivity contribution >= 4 is 39.1 Å². The summed E-state index contributed by atoms with van der Waals surface area (Å²) in [5, 5.41) is 3.95. The highest BCUT2D eigenvalue weighted by Crippen LogP contribution is 2.25. The van der Waals surface area contributed by atoms with Crippen molar-refractivity contribution in [2.24, 2.45) is 7.05 Å². The van der Waals surface area contributed by atoms with Crippen molar-refractivity contribution in [3.05, 3.63) is 57.5 Å². The smallest absolute Gasteiger partial charge is 0.255 e. The van der Waals surface area contributed by atoms with Gasteiger partial charge in [0.15, 0.2) is 0 Å². The van der Waals surface area contributed by atoms with Crippen molar-refractivity contribution in [2.45, 2.75) is 13.0 Å². The molecule has 1 saturated heterocycles. The highest BCUT2D eigenvalue weighted by molar-refractivity contribution is 7.18. The molecule has 0 unspecified atom stereocenters. The number of amides is 2. The molecule has 8 nitrogen and oxygen atoms in total. The lowest BCUT2D eigenvalue weighted by molar-refractivity contribution is -0.122. The second-order valence-corrected chi connectivity index (χ2v) is 8.75. The molecule has 0 saturated carbocycles. The summed E-state index contributed by atoms with van der Waals surface area (Å²) in [4.78, 5) is 45.5. The molecule has 0 bridgehead atoms. The first-order chi connectivity index (χ1) is 14.3. The number of piperazine rings is 1. The van der Waals surface area contributed by atoms with Crippen LogP contribution in [0, 0.1) is 6.92 Å². The third kappa shape index (κ3) is 3.99. The number of aromatic nitrogens is 2. The van der Waals surface area contributed by atoms with Crippen molar-refractivity contribution in [3.63, 3.8) is 0 Å². The first-order valence-corrected chi connectivity index (χ1v) is 10.5. The summed E-state index contributed by atoms with van der Waals surface area (Å²) in [5.74, 6) is -0.339. The van der Waals surface area contributed by atoms with Crippen LogP contribution in [0.1, 0.15) is 15.4 Å². The number of pyridine rings is 1. The molecular formula is C21H23N5O3S. The number of aryl methyl sites for hydroxylation is 2. The molecule has 0 radical (unpaired) electrons. The zero-order chi connectivity index (χ0) is 21.4. The molecule has 30 heavy (non-hydrogen) atoms. The Morgan fingerprint density at radius 1 is 1.17 bits per heavy atom. The fraction of sp³-hybridized carbons (Fsp3) is 0.333. The summed E-state index contributed by atoms with van der Waals surface area (Å²) >= 11 is 1.58. The van der Waals surface area contributed by atoms with Crippen LogP contribution in [-0.2, 0) is 11.8 Å². The number of hydrogen-bond donors (Lipinski definition) is 1. The zero-order valence-corrected chi connectivity index (χ0v) is 17.9. The summed E-state index contributed by atoms with van der Waals surface area (Å²) in [6, 6.07) is 8.11. The van der Waals surface area contributed by atoms with E-state index in [1.807, 2.05) is 37.1 Å². The average Bonchev–Trinajstić information content (AvgIpc) is 3.09. The van der Waals surface area contributed by atoms with Crippen molar-refractivity contribution in [1.82, 2.24) is 19.4 Å². The number of nitrogens with one attached hydrogen (secondary N) is 1. The number of fused-ring (bicyclic) bond motifs is 1. The van der Waals surface area contributed by atoms with Gasteiger partial charge in [-0.05, 0) is 38.2 Å². The van der Waals surface area contributed by atoms with Gasteiger partial charge in [-0.3, -0.25) is 19.3 Å². The number of nitrogens with zero attached hydrogens (tertiary/aromatic N) is 4. The summed E-state index contributed by atoms with van der Waals surface area (Å²) in [5.41, 5.74) is 1.90. The molecule has 1 aliphatic rings. The van der Waals surface area contributed by atoms with Crippen LogP contribution < -0.4 is 10.9 Å². The molecule has 3 aromatic rings. The Morgan fingerprint density at radius 2 is 1.97 bits per heavy atom. The van der Waals surface area contributed by atoms with Crippen LogP contribution in [0.5, 0.6) is 0 Å². The van der Waals surface area contributed by atoms with Crippen LogP contribution in [0.3, 0.4) is 0 Å². The van der Waals surface area contributed by atoms with Gasteiger partial charge in [0.05, 0.1) is 20.8 Å². The number of anilines is 1. The van der Waals surface area contributed by atoms with E-state index in [4.69, 9.17) is 0 Å². The Bertz CT molecular complexity index is 1180. The molecule has 1 N–H and O–H groups in total. The van der Waals surface area contributed by atoms with E-state index < -0.39 is 6.04 Å². The van der Waals surface area contributed by atoms with Crippen LogP contribution in [-0.4, -0.2) is 63.9 Å². The van der Waals surface area contributed by atoms with E-state index in [0.29, 0.717) is 24.3 Å². The molecular weight excluding hydrogens is 402 g/mol. The van der Waals surface area contributed by atoms with Gasteiger partial charge in [-0.25, -0.2) is 4.98 Å². The number of likely N-dealkylation sites (N-methyl/N-ethyl adjacent to an activating group) is 1. The normalized spacial score (nSPS) is 17.3. The van der Waals surface area contributed by atoms with Gasteiger partial charge >= 0.3 is 0 Å². The summed E-state index contributed by atoms with van der Waals surface area (Å²) in [6.07, 6.45) is 1.53. The molecule has 0 aliphatic carbocycles. The first kappa shape index (κ1) is 20.2. The minimum Gasteiger partial charge on any atom is -0.335 e. The van der Waals surface area contributed by atoms with Crippen molar-refractivity contribution in [1.29, 1.82) is 0 Å². The molecule has 156 valence electrons. The van der Waals surface area contributed by atoms with E-state index in [0.717, 1.165) is 15.2 Å². The molecule has 1 fully saturated rings. The topological polar surface area (TPSA) is 87.5 Å². The van der Waals surface area contributed by atoms with E-state index in [1.165, 1.54) is 22.9 Å². The average molecular weight is 426 g/mol. The molecule has 2 aromatic heterocycles. The Morgan fingerprint density at radius 3 is 2.73 bits per heavy atom. The number of hydrogen-bond acceptors (Lipinski definition) is 6. The lowest BCUT2D eigenvalue weighted by Crippen LogP contribution is -2.57. The Hall–Kier alpha value is -3.04. The van der Waals surface area contributed by atoms with Crippen molar-refractivity contribution in [2.75, 3.05) is 32.0 Å². The lowest BCUT2D eigenvalue weighted by atomic mass is 10.1. The van der Waals surface area contributed by atoms with Crippen molar-refractivity contribution < 1.29 is 9.59 Å². The van der Waals surface area contributed by atoms with E-state index in [-0.39, 0.29) is 23.9 Å². The third-order valence-electron chi connectivity index (χ3n) is 5.33. The number of carbonyl (C=O) groups is 2. The van der Waals surface area contributed by atoms with Gasteiger partial charge in [-0.1, -0.05) is 0 Å². The first-order valence-electron chi connectivity index (χ1n) is 9.66. The van der Waals surface area contributed by atoms with Crippen molar-refractivity contribution in [3.8, 4) is 0 Å². The lowest BCUT2D eigenvalue weighted by Gasteiger charge is -2.38. The highest BCUT2D eigenvalue weighted by Gasteiger charge is 2.32. The maximum absolute atomic E-state index is 13.0. The largest absolute Gasteiger partial charge is 0.335 e.